The van der Waals surface area contributed by atoms with Gasteiger partial charge in [-0.1, -0.05) is 18.2 Å². The monoisotopic (exact) mass is 668 g/mol. The van der Waals surface area contributed by atoms with Crippen molar-refractivity contribution in [1.29, 1.82) is 0 Å². The molecule has 1 fully saturated rings. The third kappa shape index (κ3) is 5.41. The van der Waals surface area contributed by atoms with Crippen molar-refractivity contribution < 1.29 is 23.5 Å². The number of amides is 4. The highest BCUT2D eigenvalue weighted by atomic mass is 127. The molecule has 1 aliphatic rings. The average molecular weight is 668 g/mol. The zero-order valence-electron chi connectivity index (χ0n) is 16.8. The van der Waals surface area contributed by atoms with Gasteiger partial charge >= 0.3 is 6.03 Å². The predicted molar refractivity (Wildman–Crippen MR) is 138 cm³/mol. The molecule has 6 nitrogen and oxygen atoms in total. The van der Waals surface area contributed by atoms with Gasteiger partial charge in [0.1, 0.15) is 23.7 Å². The second-order valence-corrected chi connectivity index (χ2v) is 9.45. The number of rotatable bonds is 5. The number of urea groups is 1. The topological polar surface area (TPSA) is 75.7 Å². The Kier molecular flexibility index (Phi) is 7.08. The molecule has 3 aromatic carbocycles. The van der Waals surface area contributed by atoms with Crippen LogP contribution in [0.3, 0.4) is 0 Å². The number of nitrogens with zero attached hydrogens (tertiary/aromatic N) is 1. The van der Waals surface area contributed by atoms with Gasteiger partial charge in [0.25, 0.3) is 11.8 Å². The minimum Gasteiger partial charge on any atom is -0.488 e. The van der Waals surface area contributed by atoms with E-state index in [0.29, 0.717) is 17.9 Å². The maximum Gasteiger partial charge on any atom is 0.335 e. The van der Waals surface area contributed by atoms with Gasteiger partial charge in [-0.25, -0.2) is 14.1 Å². The van der Waals surface area contributed by atoms with Gasteiger partial charge in [0.2, 0.25) is 0 Å². The third-order valence-corrected chi connectivity index (χ3v) is 6.32. The molecule has 0 bridgehead atoms. The van der Waals surface area contributed by atoms with Crippen molar-refractivity contribution in [1.82, 2.24) is 5.32 Å². The number of halogens is 3. The molecule has 1 saturated heterocycles. The van der Waals surface area contributed by atoms with E-state index in [1.165, 1.54) is 18.2 Å². The zero-order valence-corrected chi connectivity index (χ0v) is 21.2. The first-order valence-corrected chi connectivity index (χ1v) is 11.8. The van der Waals surface area contributed by atoms with Crippen LogP contribution in [0.25, 0.3) is 6.08 Å². The van der Waals surface area contributed by atoms with Crippen molar-refractivity contribution in [3.63, 3.8) is 0 Å². The van der Waals surface area contributed by atoms with E-state index >= 15 is 0 Å². The van der Waals surface area contributed by atoms with Crippen LogP contribution in [0.4, 0.5) is 14.9 Å². The van der Waals surface area contributed by atoms with E-state index in [2.05, 4.69) is 50.5 Å². The summed E-state index contributed by atoms with van der Waals surface area (Å²) in [6.45, 7) is 0.406. The molecule has 0 atom stereocenters. The lowest BCUT2D eigenvalue weighted by atomic mass is 10.1. The lowest BCUT2D eigenvalue weighted by Crippen LogP contribution is -2.54. The van der Waals surface area contributed by atoms with Crippen LogP contribution in [-0.4, -0.2) is 17.8 Å². The van der Waals surface area contributed by atoms with Crippen molar-refractivity contribution in [2.75, 3.05) is 4.90 Å². The fourth-order valence-corrected chi connectivity index (χ4v) is 4.17. The van der Waals surface area contributed by atoms with E-state index in [1.54, 1.807) is 18.2 Å². The van der Waals surface area contributed by atoms with Crippen molar-refractivity contribution in [3.05, 3.63) is 96.4 Å². The lowest BCUT2D eigenvalue weighted by Gasteiger charge is -2.26. The van der Waals surface area contributed by atoms with Crippen LogP contribution in [0.5, 0.6) is 5.75 Å². The highest BCUT2D eigenvalue weighted by Gasteiger charge is 2.36. The molecule has 3 aromatic rings. The molecule has 166 valence electrons. The van der Waals surface area contributed by atoms with Gasteiger partial charge in [0.15, 0.2) is 0 Å². The second-order valence-electron chi connectivity index (χ2n) is 7.04. The summed E-state index contributed by atoms with van der Waals surface area (Å²) >= 11 is 4.36. The van der Waals surface area contributed by atoms with Gasteiger partial charge in [-0.3, -0.25) is 14.9 Å². The molecular weight excluding hydrogens is 653 g/mol. The second kappa shape index (κ2) is 10.00. The number of hydrogen-bond donors (Lipinski definition) is 1. The summed E-state index contributed by atoms with van der Waals surface area (Å²) in [4.78, 5) is 38.3. The molecule has 0 unspecified atom stereocenters. The van der Waals surface area contributed by atoms with E-state index in [-0.39, 0.29) is 11.3 Å². The predicted octanol–water partition coefficient (Wildman–Crippen LogP) is 5.28. The van der Waals surface area contributed by atoms with Crippen molar-refractivity contribution in [3.8, 4) is 5.75 Å². The molecule has 0 spiro atoms. The SMILES string of the molecule is O=C1NC(=O)N(c2ccc(F)cc2)C(=O)/C1=C/c1ccc(OCc2ccc(I)cc2)c(I)c1. The van der Waals surface area contributed by atoms with Gasteiger partial charge in [0.05, 0.1) is 9.26 Å². The molecule has 1 heterocycles. The smallest absolute Gasteiger partial charge is 0.335 e. The van der Waals surface area contributed by atoms with Gasteiger partial charge in [-0.05, 0) is 111 Å². The fraction of sp³-hybridized carbons (Fsp3) is 0.0417. The van der Waals surface area contributed by atoms with Crippen molar-refractivity contribution in [2.24, 2.45) is 0 Å². The average Bonchev–Trinajstić information content (AvgIpc) is 2.78. The summed E-state index contributed by atoms with van der Waals surface area (Å²) in [5.74, 6) is -1.42. The molecule has 0 aliphatic carbocycles. The molecule has 9 heteroatoms. The summed E-state index contributed by atoms with van der Waals surface area (Å²) in [5, 5.41) is 2.15. The number of nitrogens with one attached hydrogen (secondary N) is 1. The van der Waals surface area contributed by atoms with Crippen LogP contribution in [0.2, 0.25) is 0 Å². The first kappa shape index (κ1) is 23.4. The fourth-order valence-electron chi connectivity index (χ4n) is 3.11. The van der Waals surface area contributed by atoms with Crippen LogP contribution >= 0.6 is 45.2 Å². The van der Waals surface area contributed by atoms with E-state index < -0.39 is 23.7 Å². The first-order chi connectivity index (χ1) is 15.8. The number of carbonyl (C=O) groups excluding carboxylic acids is 3. The first-order valence-electron chi connectivity index (χ1n) is 9.65. The third-order valence-electron chi connectivity index (χ3n) is 4.76. The maximum atomic E-state index is 13.2. The molecule has 0 saturated carbocycles. The maximum absolute atomic E-state index is 13.2. The number of imide groups is 2. The summed E-state index contributed by atoms with van der Waals surface area (Å²) < 4.78 is 21.1. The Morgan fingerprint density at radius 1 is 0.939 bits per heavy atom. The van der Waals surface area contributed by atoms with E-state index in [4.69, 9.17) is 4.74 Å². The highest BCUT2D eigenvalue weighted by molar-refractivity contribution is 14.1. The van der Waals surface area contributed by atoms with Gasteiger partial charge in [-0.15, -0.1) is 0 Å². The minimum absolute atomic E-state index is 0.159. The van der Waals surface area contributed by atoms with Crippen LogP contribution in [0.15, 0.2) is 72.3 Å². The van der Waals surface area contributed by atoms with E-state index in [9.17, 15) is 18.8 Å². The Morgan fingerprint density at radius 2 is 1.64 bits per heavy atom. The molecular formula is C24H15FI2N2O4. The van der Waals surface area contributed by atoms with Crippen molar-refractivity contribution in [2.45, 2.75) is 6.61 Å². The summed E-state index contributed by atoms with van der Waals surface area (Å²) in [7, 11) is 0. The normalized spacial score (nSPS) is 15.1. The van der Waals surface area contributed by atoms with Gasteiger partial charge < -0.3 is 4.74 Å². The highest BCUT2D eigenvalue weighted by Crippen LogP contribution is 2.26. The summed E-state index contributed by atoms with van der Waals surface area (Å²) in [5.41, 5.74) is 1.58. The Balaban J connectivity index is 1.55. The molecule has 4 amide bonds. The Morgan fingerprint density at radius 3 is 2.30 bits per heavy atom. The number of hydrogen-bond acceptors (Lipinski definition) is 4. The molecule has 1 aliphatic heterocycles. The number of anilines is 1. The Bertz CT molecular complexity index is 1270. The van der Waals surface area contributed by atoms with E-state index in [0.717, 1.165) is 29.7 Å². The summed E-state index contributed by atoms with van der Waals surface area (Å²) in [6.07, 6.45) is 1.41. The number of ether oxygens (including phenoxy) is 1. The largest absolute Gasteiger partial charge is 0.488 e. The number of benzene rings is 3. The van der Waals surface area contributed by atoms with Crippen LogP contribution < -0.4 is 15.0 Å². The Labute approximate surface area is 216 Å². The molecule has 0 aromatic heterocycles. The molecule has 1 N–H and O–H groups in total. The lowest BCUT2D eigenvalue weighted by molar-refractivity contribution is -0.122. The van der Waals surface area contributed by atoms with Crippen LogP contribution in [-0.2, 0) is 16.2 Å². The number of barbiturate groups is 1. The van der Waals surface area contributed by atoms with Gasteiger partial charge in [-0.2, -0.15) is 0 Å². The van der Waals surface area contributed by atoms with Gasteiger partial charge in [0, 0.05) is 3.57 Å². The molecule has 4 rings (SSSR count). The molecule has 0 radical (unpaired) electrons. The standard InChI is InChI=1S/C24H15FI2N2O4/c25-16-4-8-18(9-5-16)29-23(31)19(22(30)28-24(29)32)11-15-3-10-21(20(27)12-15)33-13-14-1-6-17(26)7-2-14/h1-12H,13H2,(H,28,30,32)/b19-11+. The van der Waals surface area contributed by atoms with Crippen molar-refractivity contribution >= 4 is 74.8 Å². The Hall–Kier alpha value is -2.80. The quantitative estimate of drug-likeness (QED) is 0.228. The zero-order chi connectivity index (χ0) is 23.5. The van der Waals surface area contributed by atoms with E-state index in [1.807, 2.05) is 24.3 Å². The minimum atomic E-state index is -0.886. The summed E-state index contributed by atoms with van der Waals surface area (Å²) in [6, 6.07) is 17.2. The van der Waals surface area contributed by atoms with Crippen LogP contribution in [0, 0.1) is 13.0 Å². The van der Waals surface area contributed by atoms with Crippen LogP contribution in [0.1, 0.15) is 11.1 Å². The molecule has 33 heavy (non-hydrogen) atoms. The number of carbonyl (C=O) groups is 3.